The van der Waals surface area contributed by atoms with Gasteiger partial charge >= 0.3 is 5.97 Å². The number of ether oxygens (including phenoxy) is 1. The molecule has 2 aromatic rings. The minimum atomic E-state index is -0.944. The summed E-state index contributed by atoms with van der Waals surface area (Å²) in [6.45, 7) is -0.658. The maximum Gasteiger partial charge on any atom is 0.340 e. The Labute approximate surface area is 122 Å². The lowest BCUT2D eigenvalue weighted by molar-refractivity contribution is -0.119. The number of carbonyl (C=O) groups is 2. The van der Waals surface area contributed by atoms with Crippen LogP contribution < -0.4 is 10.9 Å². The number of esters is 1. The number of H-pyrrole nitrogens is 1. The van der Waals surface area contributed by atoms with E-state index in [2.05, 4.69) is 10.3 Å². The van der Waals surface area contributed by atoms with Crippen molar-refractivity contribution < 1.29 is 23.1 Å². The van der Waals surface area contributed by atoms with E-state index in [-0.39, 0.29) is 16.8 Å². The van der Waals surface area contributed by atoms with Crippen molar-refractivity contribution in [3.8, 4) is 0 Å². The first kappa shape index (κ1) is 15.4. The highest BCUT2D eigenvalue weighted by Gasteiger charge is 2.12. The highest BCUT2D eigenvalue weighted by Crippen LogP contribution is 2.14. The summed E-state index contributed by atoms with van der Waals surface area (Å²) in [4.78, 5) is 36.2. The third kappa shape index (κ3) is 3.98. The number of rotatable bonds is 4. The Bertz CT molecular complexity index is 753. The lowest BCUT2D eigenvalue weighted by Gasteiger charge is -2.07. The maximum absolute atomic E-state index is 13.3. The molecule has 0 saturated heterocycles. The predicted octanol–water partition coefficient (Wildman–Crippen LogP) is 1.45. The van der Waals surface area contributed by atoms with Crippen LogP contribution in [0.1, 0.15) is 10.4 Å². The van der Waals surface area contributed by atoms with E-state index in [1.165, 1.54) is 6.07 Å². The van der Waals surface area contributed by atoms with E-state index in [1.807, 2.05) is 0 Å². The normalized spacial score (nSPS) is 10.1. The van der Waals surface area contributed by atoms with Crippen LogP contribution in [0.15, 0.2) is 41.3 Å². The number of anilines is 1. The summed E-state index contributed by atoms with van der Waals surface area (Å²) in [7, 11) is 0. The number of aromatic amines is 1. The van der Waals surface area contributed by atoms with E-state index < -0.39 is 30.1 Å². The second-order valence-electron chi connectivity index (χ2n) is 4.19. The van der Waals surface area contributed by atoms with Crippen molar-refractivity contribution in [2.45, 2.75) is 0 Å². The van der Waals surface area contributed by atoms with Crippen LogP contribution >= 0.6 is 0 Å². The molecule has 0 bridgehead atoms. The third-order valence-corrected chi connectivity index (χ3v) is 2.56. The molecule has 0 atom stereocenters. The smallest absolute Gasteiger partial charge is 0.340 e. The zero-order chi connectivity index (χ0) is 16.1. The quantitative estimate of drug-likeness (QED) is 0.837. The fourth-order valence-corrected chi connectivity index (χ4v) is 1.53. The molecule has 0 saturated carbocycles. The number of benzene rings is 1. The van der Waals surface area contributed by atoms with Gasteiger partial charge in [0, 0.05) is 18.3 Å². The Hall–Kier alpha value is -3.03. The van der Waals surface area contributed by atoms with Gasteiger partial charge in [-0.05, 0) is 18.2 Å². The van der Waals surface area contributed by atoms with Gasteiger partial charge in [-0.3, -0.25) is 9.59 Å². The first-order valence-electron chi connectivity index (χ1n) is 6.06. The molecule has 0 aliphatic heterocycles. The van der Waals surface area contributed by atoms with E-state index in [0.717, 1.165) is 24.4 Å². The second kappa shape index (κ2) is 6.61. The number of halogens is 2. The van der Waals surface area contributed by atoms with Crippen molar-refractivity contribution in [3.05, 3.63) is 64.1 Å². The molecule has 1 amide bonds. The zero-order valence-electron chi connectivity index (χ0n) is 11.1. The summed E-state index contributed by atoms with van der Waals surface area (Å²) in [5.74, 6) is -3.34. The van der Waals surface area contributed by atoms with E-state index in [9.17, 15) is 23.2 Å². The molecule has 114 valence electrons. The van der Waals surface area contributed by atoms with Crippen molar-refractivity contribution >= 4 is 17.6 Å². The van der Waals surface area contributed by atoms with Crippen molar-refractivity contribution in [1.82, 2.24) is 4.98 Å². The molecule has 0 fully saturated rings. The topological polar surface area (TPSA) is 88.3 Å². The van der Waals surface area contributed by atoms with Gasteiger partial charge in [-0.25, -0.2) is 13.6 Å². The number of hydrogen-bond acceptors (Lipinski definition) is 4. The lowest BCUT2D eigenvalue weighted by atomic mass is 10.3. The van der Waals surface area contributed by atoms with Crippen LogP contribution in [-0.2, 0) is 9.53 Å². The lowest BCUT2D eigenvalue weighted by Crippen LogP contribution is -2.21. The largest absolute Gasteiger partial charge is 0.452 e. The fraction of sp³-hybridized carbons (Fsp3) is 0.0714. The van der Waals surface area contributed by atoms with Crippen molar-refractivity contribution in [2.75, 3.05) is 11.9 Å². The highest BCUT2D eigenvalue weighted by molar-refractivity contribution is 5.95. The van der Waals surface area contributed by atoms with Gasteiger partial charge < -0.3 is 15.0 Å². The van der Waals surface area contributed by atoms with E-state index in [4.69, 9.17) is 4.74 Å². The Kier molecular flexibility index (Phi) is 4.62. The molecule has 1 aromatic heterocycles. The van der Waals surface area contributed by atoms with E-state index in [0.29, 0.717) is 6.07 Å². The minimum Gasteiger partial charge on any atom is -0.452 e. The molecule has 8 heteroatoms. The summed E-state index contributed by atoms with van der Waals surface area (Å²) < 4.78 is 30.7. The van der Waals surface area contributed by atoms with Crippen LogP contribution in [0, 0.1) is 11.6 Å². The van der Waals surface area contributed by atoms with Gasteiger partial charge in [0.05, 0.1) is 11.3 Å². The van der Waals surface area contributed by atoms with Gasteiger partial charge in [-0.1, -0.05) is 0 Å². The maximum atomic E-state index is 13.3. The Balaban J connectivity index is 1.91. The average molecular weight is 308 g/mol. The molecule has 0 aliphatic rings. The number of nitrogens with one attached hydrogen (secondary N) is 2. The Morgan fingerprint density at radius 1 is 1.18 bits per heavy atom. The molecule has 22 heavy (non-hydrogen) atoms. The van der Waals surface area contributed by atoms with Crippen LogP contribution in [0.2, 0.25) is 0 Å². The third-order valence-electron chi connectivity index (χ3n) is 2.56. The molecular formula is C14H10F2N2O4. The molecule has 1 heterocycles. The molecule has 0 unspecified atom stereocenters. The average Bonchev–Trinajstić information content (AvgIpc) is 2.48. The van der Waals surface area contributed by atoms with Gasteiger partial charge in [-0.2, -0.15) is 0 Å². The van der Waals surface area contributed by atoms with Gasteiger partial charge in [-0.15, -0.1) is 0 Å². The van der Waals surface area contributed by atoms with E-state index >= 15 is 0 Å². The molecule has 6 nitrogen and oxygen atoms in total. The summed E-state index contributed by atoms with van der Waals surface area (Å²) in [5.41, 5.74) is -0.562. The molecule has 2 N–H and O–H groups in total. The number of carbonyl (C=O) groups excluding carboxylic acids is 2. The van der Waals surface area contributed by atoms with Crippen molar-refractivity contribution in [2.24, 2.45) is 0 Å². The van der Waals surface area contributed by atoms with Crippen LogP contribution in [-0.4, -0.2) is 23.5 Å². The van der Waals surface area contributed by atoms with Gasteiger partial charge in [0.25, 0.3) is 5.91 Å². The van der Waals surface area contributed by atoms with Crippen molar-refractivity contribution in [1.29, 1.82) is 0 Å². The SMILES string of the molecule is O=C(COC(=O)c1ccc(=O)[nH]c1)Nc1ccc(F)cc1F. The van der Waals surface area contributed by atoms with Gasteiger partial charge in [0.15, 0.2) is 6.61 Å². The van der Waals surface area contributed by atoms with Gasteiger partial charge in [0.1, 0.15) is 11.6 Å². The molecule has 0 spiro atoms. The number of hydrogen-bond donors (Lipinski definition) is 2. The van der Waals surface area contributed by atoms with Gasteiger partial charge in [0.2, 0.25) is 5.56 Å². The van der Waals surface area contributed by atoms with Crippen molar-refractivity contribution in [3.63, 3.8) is 0 Å². The minimum absolute atomic E-state index is 0.0559. The number of aromatic nitrogens is 1. The Morgan fingerprint density at radius 3 is 2.59 bits per heavy atom. The first-order valence-corrected chi connectivity index (χ1v) is 6.06. The molecular weight excluding hydrogens is 298 g/mol. The van der Waals surface area contributed by atoms with Crippen LogP contribution in [0.5, 0.6) is 0 Å². The van der Waals surface area contributed by atoms with Crippen LogP contribution in [0.3, 0.4) is 0 Å². The Morgan fingerprint density at radius 2 is 1.95 bits per heavy atom. The monoisotopic (exact) mass is 308 g/mol. The number of amides is 1. The molecule has 0 radical (unpaired) electrons. The second-order valence-corrected chi connectivity index (χ2v) is 4.19. The summed E-state index contributed by atoms with van der Waals surface area (Å²) >= 11 is 0. The van der Waals surface area contributed by atoms with E-state index in [1.54, 1.807) is 0 Å². The molecule has 1 aromatic carbocycles. The highest BCUT2D eigenvalue weighted by atomic mass is 19.1. The van der Waals surface area contributed by atoms with Crippen LogP contribution in [0.4, 0.5) is 14.5 Å². The summed E-state index contributed by atoms with van der Waals surface area (Å²) in [6.07, 6.45) is 1.14. The molecule has 2 rings (SSSR count). The standard InChI is InChI=1S/C14H10F2N2O4/c15-9-2-3-11(10(16)5-9)18-13(20)7-22-14(21)8-1-4-12(19)17-6-8/h1-6H,7H2,(H,17,19)(H,18,20). The predicted molar refractivity (Wildman–Crippen MR) is 72.3 cm³/mol. The first-order chi connectivity index (χ1) is 10.5. The van der Waals surface area contributed by atoms with Crippen LogP contribution in [0.25, 0.3) is 0 Å². The molecule has 0 aliphatic carbocycles. The number of pyridine rings is 1. The summed E-state index contributed by atoms with van der Waals surface area (Å²) in [5, 5.41) is 2.14. The zero-order valence-corrected chi connectivity index (χ0v) is 11.1. The summed E-state index contributed by atoms with van der Waals surface area (Å²) in [6, 6.07) is 5.00. The fourth-order valence-electron chi connectivity index (χ4n) is 1.53.